The van der Waals surface area contributed by atoms with Crippen LogP contribution in [0.1, 0.15) is 228 Å². The minimum atomic E-state index is 0.638. The Hall–Kier alpha value is -0.0400. The molecule has 0 saturated heterocycles. The standard InChI is InChI=1S/C40H83N/c1-7-13-17-20-23-26-32-40(33-27-24-21-18-14-8-2,34-28-25-22-19-15-9-3)35-29-31-39(12-6)37-41-36-38(11-5)30-16-10-4/h38-39,41H,7-37H2,1-6H3. The first-order valence-electron chi connectivity index (χ1n) is 19.8. The lowest BCUT2D eigenvalue weighted by Crippen LogP contribution is -2.28. The maximum absolute atomic E-state index is 3.92. The number of unbranched alkanes of at least 4 members (excludes halogenated alkanes) is 16. The average Bonchev–Trinajstić information content (AvgIpc) is 2.99. The molecule has 0 aliphatic heterocycles. The van der Waals surface area contributed by atoms with Crippen molar-refractivity contribution in [3.8, 4) is 0 Å². The van der Waals surface area contributed by atoms with Crippen LogP contribution in [-0.4, -0.2) is 13.1 Å². The van der Waals surface area contributed by atoms with Crippen molar-refractivity contribution in [2.75, 3.05) is 13.1 Å². The molecule has 0 aliphatic carbocycles. The fourth-order valence-corrected chi connectivity index (χ4v) is 7.24. The van der Waals surface area contributed by atoms with Gasteiger partial charge in [0.1, 0.15) is 0 Å². The highest BCUT2D eigenvalue weighted by atomic mass is 14.9. The van der Waals surface area contributed by atoms with Gasteiger partial charge in [-0.15, -0.1) is 0 Å². The van der Waals surface area contributed by atoms with Crippen LogP contribution in [0.5, 0.6) is 0 Å². The molecule has 0 aromatic carbocycles. The normalized spacial score (nSPS) is 13.6. The zero-order valence-corrected chi connectivity index (χ0v) is 30.1. The van der Waals surface area contributed by atoms with Crippen molar-refractivity contribution in [2.24, 2.45) is 17.3 Å². The maximum Gasteiger partial charge on any atom is -0.00205 e. The van der Waals surface area contributed by atoms with Gasteiger partial charge in [0, 0.05) is 0 Å². The van der Waals surface area contributed by atoms with Gasteiger partial charge in [-0.25, -0.2) is 0 Å². The Kier molecular flexibility index (Phi) is 31.4. The molecule has 0 saturated carbocycles. The summed E-state index contributed by atoms with van der Waals surface area (Å²) in [6.07, 6.45) is 41.9. The summed E-state index contributed by atoms with van der Waals surface area (Å²) in [4.78, 5) is 0. The van der Waals surface area contributed by atoms with E-state index in [0.717, 1.165) is 11.8 Å². The highest BCUT2D eigenvalue weighted by Gasteiger charge is 2.28. The first kappa shape index (κ1) is 41.0. The van der Waals surface area contributed by atoms with Gasteiger partial charge in [0.25, 0.3) is 0 Å². The minimum absolute atomic E-state index is 0.638. The topological polar surface area (TPSA) is 12.0 Å². The molecule has 0 bridgehead atoms. The SMILES string of the molecule is CCCCCCCCC(CCCCCCCC)(CCCCCCCC)CCCC(CC)CNCC(CC)CCCC. The second-order valence-corrected chi connectivity index (χ2v) is 14.3. The Morgan fingerprint density at radius 2 is 0.683 bits per heavy atom. The number of rotatable bonds is 34. The summed E-state index contributed by atoms with van der Waals surface area (Å²) < 4.78 is 0. The molecule has 0 radical (unpaired) electrons. The Bertz CT molecular complexity index is 444. The average molecular weight is 578 g/mol. The third-order valence-corrected chi connectivity index (χ3v) is 10.5. The van der Waals surface area contributed by atoms with Gasteiger partial charge in [0.05, 0.1) is 0 Å². The quantitative estimate of drug-likeness (QED) is 0.0750. The van der Waals surface area contributed by atoms with Crippen molar-refractivity contribution in [1.82, 2.24) is 5.32 Å². The van der Waals surface area contributed by atoms with Crippen molar-refractivity contribution >= 4 is 0 Å². The molecule has 248 valence electrons. The van der Waals surface area contributed by atoms with E-state index in [1.54, 1.807) is 0 Å². The maximum atomic E-state index is 3.92. The summed E-state index contributed by atoms with van der Waals surface area (Å²) in [7, 11) is 0. The van der Waals surface area contributed by atoms with Gasteiger partial charge in [-0.05, 0) is 68.9 Å². The van der Waals surface area contributed by atoms with Gasteiger partial charge < -0.3 is 5.32 Å². The van der Waals surface area contributed by atoms with E-state index in [2.05, 4.69) is 46.9 Å². The third kappa shape index (κ3) is 25.0. The molecule has 0 fully saturated rings. The monoisotopic (exact) mass is 578 g/mol. The highest BCUT2D eigenvalue weighted by Crippen LogP contribution is 2.42. The molecule has 0 aromatic rings. The van der Waals surface area contributed by atoms with E-state index in [0.29, 0.717) is 5.41 Å². The third-order valence-electron chi connectivity index (χ3n) is 10.5. The van der Waals surface area contributed by atoms with Crippen LogP contribution in [-0.2, 0) is 0 Å². The zero-order chi connectivity index (χ0) is 30.3. The predicted octanol–water partition coefficient (Wildman–Crippen LogP) is 14.2. The Morgan fingerprint density at radius 3 is 1.05 bits per heavy atom. The van der Waals surface area contributed by atoms with E-state index in [1.807, 2.05) is 0 Å². The second kappa shape index (κ2) is 31.4. The van der Waals surface area contributed by atoms with Crippen LogP contribution < -0.4 is 5.32 Å². The Labute approximate surface area is 263 Å². The minimum Gasteiger partial charge on any atom is -0.316 e. The number of hydrogen-bond donors (Lipinski definition) is 1. The molecule has 1 heteroatoms. The summed E-state index contributed by atoms with van der Waals surface area (Å²) in [6, 6.07) is 0. The van der Waals surface area contributed by atoms with Gasteiger partial charge in [-0.2, -0.15) is 0 Å². The van der Waals surface area contributed by atoms with Crippen LogP contribution in [0.4, 0.5) is 0 Å². The molecule has 0 heterocycles. The van der Waals surface area contributed by atoms with Crippen LogP contribution in [0.2, 0.25) is 0 Å². The molecule has 2 unspecified atom stereocenters. The molecule has 0 spiro atoms. The summed E-state index contributed by atoms with van der Waals surface area (Å²) in [5.74, 6) is 1.75. The van der Waals surface area contributed by atoms with Gasteiger partial charge in [0.15, 0.2) is 0 Å². The van der Waals surface area contributed by atoms with Crippen molar-refractivity contribution in [2.45, 2.75) is 228 Å². The largest absolute Gasteiger partial charge is 0.316 e. The molecular weight excluding hydrogens is 494 g/mol. The number of nitrogens with one attached hydrogen (secondary N) is 1. The van der Waals surface area contributed by atoms with Gasteiger partial charge in [-0.3, -0.25) is 0 Å². The van der Waals surface area contributed by atoms with E-state index in [-0.39, 0.29) is 0 Å². The molecule has 1 nitrogen and oxygen atoms in total. The summed E-state index contributed by atoms with van der Waals surface area (Å²) >= 11 is 0. The van der Waals surface area contributed by atoms with Crippen LogP contribution >= 0.6 is 0 Å². The van der Waals surface area contributed by atoms with E-state index >= 15 is 0 Å². The van der Waals surface area contributed by atoms with Crippen molar-refractivity contribution < 1.29 is 0 Å². The van der Waals surface area contributed by atoms with Crippen LogP contribution in [0.15, 0.2) is 0 Å². The fraction of sp³-hybridized carbons (Fsp3) is 1.00. The first-order chi connectivity index (χ1) is 20.1. The summed E-state index contributed by atoms with van der Waals surface area (Å²) in [5.41, 5.74) is 0.638. The van der Waals surface area contributed by atoms with Crippen molar-refractivity contribution in [3.05, 3.63) is 0 Å². The molecule has 0 rings (SSSR count). The van der Waals surface area contributed by atoms with Gasteiger partial charge >= 0.3 is 0 Å². The van der Waals surface area contributed by atoms with Crippen LogP contribution in [0.25, 0.3) is 0 Å². The fourth-order valence-electron chi connectivity index (χ4n) is 7.24. The van der Waals surface area contributed by atoms with E-state index in [4.69, 9.17) is 0 Å². The molecule has 1 N–H and O–H groups in total. The predicted molar refractivity (Wildman–Crippen MR) is 190 cm³/mol. The highest BCUT2D eigenvalue weighted by molar-refractivity contribution is 4.81. The van der Waals surface area contributed by atoms with E-state index < -0.39 is 0 Å². The van der Waals surface area contributed by atoms with E-state index in [1.165, 1.54) is 199 Å². The lowest BCUT2D eigenvalue weighted by atomic mass is 9.70. The van der Waals surface area contributed by atoms with Gasteiger partial charge in [0.2, 0.25) is 0 Å². The van der Waals surface area contributed by atoms with Crippen LogP contribution in [0, 0.1) is 17.3 Å². The summed E-state index contributed by atoms with van der Waals surface area (Å²) in [6.45, 7) is 16.7. The number of hydrogen-bond acceptors (Lipinski definition) is 1. The second-order valence-electron chi connectivity index (χ2n) is 14.3. The molecule has 0 aliphatic rings. The molecule has 0 amide bonds. The molecule has 0 aromatic heterocycles. The van der Waals surface area contributed by atoms with E-state index in [9.17, 15) is 0 Å². The van der Waals surface area contributed by atoms with Crippen molar-refractivity contribution in [1.29, 1.82) is 0 Å². The zero-order valence-electron chi connectivity index (χ0n) is 30.1. The Morgan fingerprint density at radius 1 is 0.366 bits per heavy atom. The molecular formula is C40H83N. The first-order valence-corrected chi connectivity index (χ1v) is 19.8. The lowest BCUT2D eigenvalue weighted by Gasteiger charge is -2.36. The molecule has 41 heavy (non-hydrogen) atoms. The Balaban J connectivity index is 5.07. The van der Waals surface area contributed by atoms with Crippen molar-refractivity contribution in [3.63, 3.8) is 0 Å². The molecule has 2 atom stereocenters. The lowest BCUT2D eigenvalue weighted by molar-refractivity contribution is 0.168. The summed E-state index contributed by atoms with van der Waals surface area (Å²) in [5, 5.41) is 3.92. The smallest absolute Gasteiger partial charge is 0.00205 e. The van der Waals surface area contributed by atoms with Crippen LogP contribution in [0.3, 0.4) is 0 Å². The van der Waals surface area contributed by atoms with Gasteiger partial charge in [-0.1, -0.05) is 189 Å².